The van der Waals surface area contributed by atoms with Crippen LogP contribution >= 0.6 is 12.6 Å². The van der Waals surface area contributed by atoms with Crippen LogP contribution in [-0.2, 0) is 6.61 Å². The van der Waals surface area contributed by atoms with Gasteiger partial charge in [0.2, 0.25) is 0 Å². The summed E-state index contributed by atoms with van der Waals surface area (Å²) in [5.41, 5.74) is -0.0692. The summed E-state index contributed by atoms with van der Waals surface area (Å²) in [6, 6.07) is 0. The molecule has 0 fully saturated rings. The molecule has 2 N–H and O–H groups in total. The van der Waals surface area contributed by atoms with Crippen LogP contribution in [-0.4, -0.2) is 35.8 Å². The lowest BCUT2D eigenvalue weighted by Crippen LogP contribution is -2.05. The van der Waals surface area contributed by atoms with Gasteiger partial charge >= 0.3 is 5.97 Å². The lowest BCUT2D eigenvalue weighted by Gasteiger charge is -1.99. The van der Waals surface area contributed by atoms with Gasteiger partial charge in [0.1, 0.15) is 17.2 Å². The molecule has 15 heavy (non-hydrogen) atoms. The maximum Gasteiger partial charge on any atom is 0.340 e. The van der Waals surface area contributed by atoms with E-state index in [1.807, 2.05) is 0 Å². The molecule has 0 saturated heterocycles. The standard InChI is InChI=1S/C7H6N4O3S/c12-2-4-9-7-8-1-3(6(13)14)5(15)11(7)10-4/h1,12,15H,2H2,(H,13,14). The molecule has 2 heterocycles. The number of rotatable bonds is 2. The minimum Gasteiger partial charge on any atom is -0.478 e. The number of carboxylic acids is 1. The number of aromatic nitrogens is 4. The van der Waals surface area contributed by atoms with E-state index in [1.165, 1.54) is 0 Å². The highest BCUT2D eigenvalue weighted by molar-refractivity contribution is 7.80. The molecule has 78 valence electrons. The average molecular weight is 226 g/mol. The van der Waals surface area contributed by atoms with Crippen molar-refractivity contribution in [2.75, 3.05) is 0 Å². The van der Waals surface area contributed by atoms with Gasteiger partial charge in [0.25, 0.3) is 5.78 Å². The van der Waals surface area contributed by atoms with Crippen molar-refractivity contribution >= 4 is 24.4 Å². The number of thiol groups is 1. The Morgan fingerprint density at radius 1 is 1.60 bits per heavy atom. The molecule has 8 heteroatoms. The number of carbonyl (C=O) groups is 1. The molecule has 0 unspecified atom stereocenters. The van der Waals surface area contributed by atoms with E-state index in [2.05, 4.69) is 27.7 Å². The van der Waals surface area contributed by atoms with Crippen molar-refractivity contribution in [2.24, 2.45) is 0 Å². The third-order valence-electron chi connectivity index (χ3n) is 1.76. The van der Waals surface area contributed by atoms with Gasteiger partial charge in [0.05, 0.1) is 0 Å². The van der Waals surface area contributed by atoms with Crippen LogP contribution in [0.5, 0.6) is 0 Å². The number of aliphatic hydroxyl groups excluding tert-OH is 1. The smallest absolute Gasteiger partial charge is 0.340 e. The van der Waals surface area contributed by atoms with Gasteiger partial charge in [-0.15, -0.1) is 17.7 Å². The molecule has 7 nitrogen and oxygen atoms in total. The van der Waals surface area contributed by atoms with Gasteiger partial charge in [0, 0.05) is 6.20 Å². The number of hydrogen-bond acceptors (Lipinski definition) is 6. The Kier molecular flexibility index (Phi) is 2.29. The molecule has 0 atom stereocenters. The third kappa shape index (κ3) is 1.53. The molecule has 2 aromatic rings. The summed E-state index contributed by atoms with van der Waals surface area (Å²) in [5, 5.41) is 21.5. The second-order valence-electron chi connectivity index (χ2n) is 2.70. The van der Waals surface area contributed by atoms with Crippen LogP contribution in [0, 0.1) is 0 Å². The lowest BCUT2D eigenvalue weighted by atomic mass is 10.3. The Labute approximate surface area is 88.8 Å². The van der Waals surface area contributed by atoms with E-state index in [1.54, 1.807) is 0 Å². The summed E-state index contributed by atoms with van der Waals surface area (Å²) in [7, 11) is 0. The summed E-state index contributed by atoms with van der Waals surface area (Å²) < 4.78 is 1.16. The number of hydrogen-bond donors (Lipinski definition) is 3. The van der Waals surface area contributed by atoms with Crippen molar-refractivity contribution in [3.8, 4) is 0 Å². The number of aromatic carboxylic acids is 1. The zero-order chi connectivity index (χ0) is 11.0. The van der Waals surface area contributed by atoms with E-state index in [0.717, 1.165) is 10.7 Å². The lowest BCUT2D eigenvalue weighted by molar-refractivity contribution is 0.0691. The van der Waals surface area contributed by atoms with Crippen LogP contribution in [0.15, 0.2) is 11.2 Å². The molecule has 2 rings (SSSR count). The van der Waals surface area contributed by atoms with E-state index in [9.17, 15) is 4.79 Å². The normalized spacial score (nSPS) is 10.8. The molecule has 0 aliphatic heterocycles. The molecular formula is C7H6N4O3S. The summed E-state index contributed by atoms with van der Waals surface area (Å²) in [4.78, 5) is 18.4. The van der Waals surface area contributed by atoms with Crippen LogP contribution in [0.4, 0.5) is 0 Å². The Balaban J connectivity index is 2.72. The minimum atomic E-state index is -1.14. The SMILES string of the molecule is O=C(O)c1cnc2nc(CO)nn2c1S. The van der Waals surface area contributed by atoms with E-state index < -0.39 is 5.97 Å². The minimum absolute atomic E-state index is 0.0692. The topological polar surface area (TPSA) is 101 Å². The Morgan fingerprint density at radius 3 is 2.93 bits per heavy atom. The number of nitrogens with zero attached hydrogens (tertiary/aromatic N) is 4. The summed E-state index contributed by atoms with van der Waals surface area (Å²) in [6.07, 6.45) is 1.15. The van der Waals surface area contributed by atoms with Gasteiger partial charge in [-0.1, -0.05) is 0 Å². The number of aliphatic hydroxyl groups is 1. The molecule has 2 aromatic heterocycles. The van der Waals surface area contributed by atoms with Crippen LogP contribution in [0.2, 0.25) is 0 Å². The summed E-state index contributed by atoms with van der Waals surface area (Å²) in [5.74, 6) is -0.773. The van der Waals surface area contributed by atoms with Crippen molar-refractivity contribution in [1.29, 1.82) is 0 Å². The molecule has 0 aliphatic carbocycles. The van der Waals surface area contributed by atoms with E-state index in [-0.39, 0.29) is 28.8 Å². The van der Waals surface area contributed by atoms with Crippen LogP contribution in [0.3, 0.4) is 0 Å². The molecule has 0 bridgehead atoms. The zero-order valence-corrected chi connectivity index (χ0v) is 8.22. The van der Waals surface area contributed by atoms with Gasteiger partial charge in [-0.25, -0.2) is 9.78 Å². The predicted molar refractivity (Wildman–Crippen MR) is 50.9 cm³/mol. The highest BCUT2D eigenvalue weighted by atomic mass is 32.1. The van der Waals surface area contributed by atoms with E-state index in [4.69, 9.17) is 10.2 Å². The second kappa shape index (κ2) is 3.48. The van der Waals surface area contributed by atoms with Gasteiger partial charge in [-0.05, 0) is 0 Å². The highest BCUT2D eigenvalue weighted by Gasteiger charge is 2.14. The maximum atomic E-state index is 10.7. The van der Waals surface area contributed by atoms with Gasteiger partial charge in [-0.2, -0.15) is 9.50 Å². The first-order chi connectivity index (χ1) is 7.13. The van der Waals surface area contributed by atoms with Crippen molar-refractivity contribution < 1.29 is 15.0 Å². The van der Waals surface area contributed by atoms with Crippen LogP contribution in [0.1, 0.15) is 16.2 Å². The quantitative estimate of drug-likeness (QED) is 0.476. The van der Waals surface area contributed by atoms with Crippen molar-refractivity contribution in [3.05, 3.63) is 17.6 Å². The van der Waals surface area contributed by atoms with Crippen molar-refractivity contribution in [2.45, 2.75) is 11.6 Å². The third-order valence-corrected chi connectivity index (χ3v) is 2.19. The highest BCUT2D eigenvalue weighted by Crippen LogP contribution is 2.13. The molecule has 0 spiro atoms. The fourth-order valence-electron chi connectivity index (χ4n) is 1.08. The van der Waals surface area contributed by atoms with E-state index >= 15 is 0 Å². The monoisotopic (exact) mass is 226 g/mol. The molecule has 0 aromatic carbocycles. The molecule has 0 radical (unpaired) electrons. The Hall–Kier alpha value is -1.67. The molecule has 0 amide bonds. The fraction of sp³-hybridized carbons (Fsp3) is 0.143. The van der Waals surface area contributed by atoms with Gasteiger partial charge < -0.3 is 10.2 Å². The largest absolute Gasteiger partial charge is 0.478 e. The van der Waals surface area contributed by atoms with Gasteiger partial charge in [0.15, 0.2) is 5.82 Å². The first-order valence-corrected chi connectivity index (χ1v) is 4.36. The Morgan fingerprint density at radius 2 is 2.33 bits per heavy atom. The molecular weight excluding hydrogens is 220 g/mol. The first kappa shape index (κ1) is 9.87. The Bertz CT molecular complexity index is 538. The predicted octanol–water partition coefficient (Wildman–Crippen LogP) is -0.397. The average Bonchev–Trinajstić information content (AvgIpc) is 2.61. The molecule has 0 saturated carbocycles. The summed E-state index contributed by atoms with van der Waals surface area (Å²) >= 11 is 4.01. The van der Waals surface area contributed by atoms with Crippen molar-refractivity contribution in [3.63, 3.8) is 0 Å². The van der Waals surface area contributed by atoms with E-state index in [0.29, 0.717) is 0 Å². The maximum absolute atomic E-state index is 10.7. The first-order valence-electron chi connectivity index (χ1n) is 3.91. The van der Waals surface area contributed by atoms with Crippen molar-refractivity contribution in [1.82, 2.24) is 19.6 Å². The zero-order valence-electron chi connectivity index (χ0n) is 7.32. The number of carboxylic acid groups (broad SMARTS) is 1. The van der Waals surface area contributed by atoms with Crippen LogP contribution in [0.25, 0.3) is 5.78 Å². The summed E-state index contributed by atoms with van der Waals surface area (Å²) in [6.45, 7) is -0.334. The number of fused-ring (bicyclic) bond motifs is 1. The fourth-order valence-corrected chi connectivity index (χ4v) is 1.37. The van der Waals surface area contributed by atoms with Gasteiger partial charge in [-0.3, -0.25) is 0 Å². The molecule has 0 aliphatic rings. The van der Waals surface area contributed by atoms with Crippen LogP contribution < -0.4 is 0 Å². The second-order valence-corrected chi connectivity index (χ2v) is 3.12.